The molecule has 0 aromatic heterocycles. The van der Waals surface area contributed by atoms with Gasteiger partial charge in [-0.15, -0.1) is 0 Å². The topological polar surface area (TPSA) is 9.23 Å². The van der Waals surface area contributed by atoms with Gasteiger partial charge in [0.1, 0.15) is 11.6 Å². The van der Waals surface area contributed by atoms with E-state index in [0.717, 1.165) is 35.4 Å². The quantitative estimate of drug-likeness (QED) is 0.127. The Morgan fingerprint density at radius 2 is 1.26 bits per heavy atom. The van der Waals surface area contributed by atoms with Crippen LogP contribution in [0.5, 0.6) is 5.75 Å². The van der Waals surface area contributed by atoms with Crippen LogP contribution < -0.4 is 4.74 Å². The van der Waals surface area contributed by atoms with E-state index < -0.39 is 35.2 Å². The van der Waals surface area contributed by atoms with E-state index in [0.29, 0.717) is 36.5 Å². The third-order valence-corrected chi connectivity index (χ3v) is 9.63. The summed E-state index contributed by atoms with van der Waals surface area (Å²) in [4.78, 5) is 0. The number of alkyl halides is 2. The van der Waals surface area contributed by atoms with E-state index in [4.69, 9.17) is 0 Å². The van der Waals surface area contributed by atoms with Gasteiger partial charge >= 0.3 is 6.11 Å². The Morgan fingerprint density at radius 1 is 0.674 bits per heavy atom. The number of hydrogen-bond acceptors (Lipinski definition) is 1. The summed E-state index contributed by atoms with van der Waals surface area (Å²) in [5.74, 6) is -5.71. The zero-order chi connectivity index (χ0) is 30.6. The predicted molar refractivity (Wildman–Crippen MR) is 157 cm³/mol. The molecule has 0 saturated heterocycles. The van der Waals surface area contributed by atoms with E-state index in [1.807, 2.05) is 30.3 Å². The molecular weight excluding hydrogens is 562 g/mol. The van der Waals surface area contributed by atoms with Crippen LogP contribution in [-0.4, -0.2) is 6.11 Å². The molecule has 43 heavy (non-hydrogen) atoms. The molecule has 2 aliphatic carbocycles. The highest BCUT2D eigenvalue weighted by molar-refractivity contribution is 5.65. The summed E-state index contributed by atoms with van der Waals surface area (Å²) in [5.41, 5.74) is 3.41. The summed E-state index contributed by atoms with van der Waals surface area (Å²) < 4.78 is 89.5. The monoisotopic (exact) mass is 602 g/mol. The van der Waals surface area contributed by atoms with Gasteiger partial charge in [0.2, 0.25) is 0 Å². The third-order valence-electron chi connectivity index (χ3n) is 9.63. The average molecular weight is 603 g/mol. The fraction of sp³-hybridized carbons (Fsp3) is 0.500. The molecule has 0 aliphatic heterocycles. The summed E-state index contributed by atoms with van der Waals surface area (Å²) in [6.45, 7) is 2.23. The van der Waals surface area contributed by atoms with Gasteiger partial charge in [-0.3, -0.25) is 0 Å². The summed E-state index contributed by atoms with van der Waals surface area (Å²) >= 11 is 0. The third kappa shape index (κ3) is 7.58. The van der Waals surface area contributed by atoms with E-state index in [-0.39, 0.29) is 24.6 Å². The molecule has 2 fully saturated rings. The second kappa shape index (κ2) is 13.8. The lowest BCUT2D eigenvalue weighted by molar-refractivity contribution is -0.222. The fourth-order valence-electron chi connectivity index (χ4n) is 7.02. The summed E-state index contributed by atoms with van der Waals surface area (Å²) in [6.07, 6.45) is 7.49. The van der Waals surface area contributed by atoms with Crippen LogP contribution in [0.25, 0.3) is 11.1 Å². The number of hydrogen-bond donors (Lipinski definition) is 0. The van der Waals surface area contributed by atoms with Gasteiger partial charge in [-0.25, -0.2) is 17.6 Å². The van der Waals surface area contributed by atoms with E-state index in [2.05, 4.69) is 17.7 Å². The standard InChI is InChI=1S/C36H40F6O/c1-2-3-4-5-23-6-8-26(9-7-23)28-16-19-31(32(37)20-28)27-12-10-24(11-13-27)25-14-17-29(18-15-25)36(41,42)43-30-21-33(38)35(40)34(39)22-30/h10-13,16,19-23,25-26,29H,2-9,14-15,17-18H2,1H3. The van der Waals surface area contributed by atoms with Gasteiger partial charge in [0, 0.05) is 17.7 Å². The van der Waals surface area contributed by atoms with E-state index in [1.165, 1.54) is 38.5 Å². The van der Waals surface area contributed by atoms with Crippen LogP contribution in [-0.2, 0) is 0 Å². The molecule has 0 heterocycles. The number of rotatable bonds is 10. The Kier molecular flexibility index (Phi) is 10.1. The highest BCUT2D eigenvalue weighted by atomic mass is 19.3. The summed E-state index contributed by atoms with van der Waals surface area (Å²) in [7, 11) is 0. The van der Waals surface area contributed by atoms with Crippen LogP contribution in [0.4, 0.5) is 26.3 Å². The van der Waals surface area contributed by atoms with Crippen LogP contribution in [0.15, 0.2) is 54.6 Å². The average Bonchev–Trinajstić information content (AvgIpc) is 3.00. The van der Waals surface area contributed by atoms with Gasteiger partial charge in [0.25, 0.3) is 0 Å². The maximum Gasteiger partial charge on any atom is 0.400 e. The van der Waals surface area contributed by atoms with Crippen molar-refractivity contribution < 1.29 is 31.1 Å². The van der Waals surface area contributed by atoms with Crippen molar-refractivity contribution in [3.05, 3.63) is 89.0 Å². The van der Waals surface area contributed by atoms with Crippen LogP contribution in [0.2, 0.25) is 0 Å². The van der Waals surface area contributed by atoms with Crippen LogP contribution in [0.1, 0.15) is 107 Å². The first-order valence-electron chi connectivity index (χ1n) is 15.8. The van der Waals surface area contributed by atoms with Crippen LogP contribution >= 0.6 is 0 Å². The molecule has 2 saturated carbocycles. The van der Waals surface area contributed by atoms with Gasteiger partial charge in [-0.2, -0.15) is 8.78 Å². The maximum atomic E-state index is 15.3. The Labute approximate surface area is 250 Å². The minimum absolute atomic E-state index is 0.0612. The normalized spacial score (nSPS) is 22.9. The largest absolute Gasteiger partial charge is 0.432 e. The minimum Gasteiger partial charge on any atom is -0.432 e. The second-order valence-corrected chi connectivity index (χ2v) is 12.5. The van der Waals surface area contributed by atoms with Gasteiger partial charge in [-0.1, -0.05) is 69.0 Å². The Morgan fingerprint density at radius 3 is 1.86 bits per heavy atom. The molecule has 7 heteroatoms. The molecule has 0 unspecified atom stereocenters. The molecule has 1 nitrogen and oxygen atoms in total. The van der Waals surface area contributed by atoms with Crippen molar-refractivity contribution in [2.24, 2.45) is 11.8 Å². The molecule has 3 aromatic carbocycles. The summed E-state index contributed by atoms with van der Waals surface area (Å²) in [6, 6.07) is 14.1. The van der Waals surface area contributed by atoms with Crippen molar-refractivity contribution in [2.45, 2.75) is 102 Å². The van der Waals surface area contributed by atoms with Crippen molar-refractivity contribution in [3.63, 3.8) is 0 Å². The molecule has 0 bridgehead atoms. The van der Waals surface area contributed by atoms with E-state index in [1.54, 1.807) is 6.07 Å². The van der Waals surface area contributed by atoms with Crippen LogP contribution in [0, 0.1) is 35.1 Å². The lowest BCUT2D eigenvalue weighted by atomic mass is 9.76. The van der Waals surface area contributed by atoms with Gasteiger partial charge < -0.3 is 4.74 Å². The first kappa shape index (κ1) is 31.5. The highest BCUT2D eigenvalue weighted by Gasteiger charge is 2.44. The van der Waals surface area contributed by atoms with Crippen LogP contribution in [0.3, 0.4) is 0 Å². The fourth-order valence-corrected chi connectivity index (χ4v) is 7.02. The number of halogens is 6. The number of unbranched alkanes of at least 4 members (excludes halogenated alkanes) is 2. The zero-order valence-electron chi connectivity index (χ0n) is 24.7. The zero-order valence-corrected chi connectivity index (χ0v) is 24.7. The van der Waals surface area contributed by atoms with E-state index in [9.17, 15) is 22.0 Å². The van der Waals surface area contributed by atoms with Crippen molar-refractivity contribution in [3.8, 4) is 16.9 Å². The Bertz CT molecular complexity index is 1330. The Hall–Kier alpha value is -2.96. The SMILES string of the molecule is CCCCCC1CCC(c2ccc(-c3ccc(C4CCC(C(F)(F)Oc5cc(F)c(F)c(F)c5)CC4)cc3)c(F)c2)CC1. The van der Waals surface area contributed by atoms with Gasteiger partial charge in [-0.05, 0) is 91.9 Å². The smallest absolute Gasteiger partial charge is 0.400 e. The highest BCUT2D eigenvalue weighted by Crippen LogP contribution is 2.44. The van der Waals surface area contributed by atoms with Crippen molar-refractivity contribution in [2.75, 3.05) is 0 Å². The summed E-state index contributed by atoms with van der Waals surface area (Å²) in [5, 5.41) is 0. The lowest BCUT2D eigenvalue weighted by Crippen LogP contribution is -2.37. The molecule has 0 spiro atoms. The predicted octanol–water partition coefficient (Wildman–Crippen LogP) is 11.7. The maximum absolute atomic E-state index is 15.3. The van der Waals surface area contributed by atoms with Crippen molar-refractivity contribution >= 4 is 0 Å². The van der Waals surface area contributed by atoms with E-state index >= 15 is 4.39 Å². The number of benzene rings is 3. The Balaban J connectivity index is 1.15. The van der Waals surface area contributed by atoms with Crippen molar-refractivity contribution in [1.82, 2.24) is 0 Å². The molecule has 0 N–H and O–H groups in total. The molecule has 232 valence electrons. The van der Waals surface area contributed by atoms with Crippen molar-refractivity contribution in [1.29, 1.82) is 0 Å². The lowest BCUT2D eigenvalue weighted by Gasteiger charge is -2.33. The van der Waals surface area contributed by atoms with Gasteiger partial charge in [0.15, 0.2) is 17.5 Å². The molecule has 2 aliphatic rings. The molecule has 3 aromatic rings. The molecule has 0 atom stereocenters. The van der Waals surface area contributed by atoms with Gasteiger partial charge in [0.05, 0.1) is 5.92 Å². The second-order valence-electron chi connectivity index (χ2n) is 12.5. The molecule has 5 rings (SSSR count). The number of ether oxygens (including phenoxy) is 1. The molecule has 0 amide bonds. The molecule has 0 radical (unpaired) electrons. The first-order valence-corrected chi connectivity index (χ1v) is 15.8. The first-order chi connectivity index (χ1) is 20.6. The molecular formula is C36H40F6O. The minimum atomic E-state index is -3.65.